The Labute approximate surface area is 179 Å². The quantitative estimate of drug-likeness (QED) is 0.752. The minimum absolute atomic E-state index is 0.268. The first-order valence-electron chi connectivity index (χ1n) is 11.1. The summed E-state index contributed by atoms with van der Waals surface area (Å²) in [6, 6.07) is 8.40. The molecule has 0 amide bonds. The van der Waals surface area contributed by atoms with Crippen LogP contribution in [0.2, 0.25) is 0 Å². The second-order valence-electron chi connectivity index (χ2n) is 10.0. The van der Waals surface area contributed by atoms with Crippen molar-refractivity contribution in [1.29, 1.82) is 0 Å². The van der Waals surface area contributed by atoms with Gasteiger partial charge in [0.15, 0.2) is 0 Å². The minimum Gasteiger partial charge on any atom is -0.481 e. The zero-order valence-corrected chi connectivity index (χ0v) is 18.6. The molecule has 0 unspecified atom stereocenters. The zero-order chi connectivity index (χ0) is 21.7. The number of benzene rings is 1. The zero-order valence-electron chi connectivity index (χ0n) is 18.6. The van der Waals surface area contributed by atoms with Crippen molar-refractivity contribution < 1.29 is 19.2 Å². The van der Waals surface area contributed by atoms with Crippen LogP contribution in [0.5, 0.6) is 0 Å². The lowest BCUT2D eigenvalue weighted by atomic mass is 9.73. The van der Waals surface area contributed by atoms with Gasteiger partial charge in [-0.25, -0.2) is 0 Å². The number of aliphatic carboxylic acids is 1. The van der Waals surface area contributed by atoms with Crippen LogP contribution in [0.1, 0.15) is 71.8 Å². The van der Waals surface area contributed by atoms with Crippen LogP contribution in [0.4, 0.5) is 0 Å². The highest BCUT2D eigenvalue weighted by atomic mass is 16.7. The topological polar surface area (TPSA) is 68.7 Å². The third-order valence-corrected chi connectivity index (χ3v) is 7.63. The van der Waals surface area contributed by atoms with E-state index in [1.165, 1.54) is 5.56 Å². The van der Waals surface area contributed by atoms with Gasteiger partial charge in [0.05, 0.1) is 22.6 Å². The number of pyridine rings is 1. The maximum absolute atomic E-state index is 11.3. The van der Waals surface area contributed by atoms with E-state index in [1.807, 2.05) is 19.2 Å². The van der Waals surface area contributed by atoms with Gasteiger partial charge in [-0.15, -0.1) is 0 Å². The molecular weight excluding hydrogens is 377 g/mol. The van der Waals surface area contributed by atoms with Crippen molar-refractivity contribution >= 4 is 29.5 Å². The molecule has 1 aromatic heterocycles. The lowest BCUT2D eigenvalue weighted by Gasteiger charge is -2.32. The summed E-state index contributed by atoms with van der Waals surface area (Å²) in [6.45, 7) is 10.1. The van der Waals surface area contributed by atoms with E-state index in [2.05, 4.69) is 50.9 Å². The van der Waals surface area contributed by atoms with E-state index < -0.39 is 5.97 Å². The largest absolute Gasteiger partial charge is 0.494 e. The number of carboxylic acids is 1. The maximum atomic E-state index is 11.3. The summed E-state index contributed by atoms with van der Waals surface area (Å²) in [5, 5.41) is 10.5. The highest BCUT2D eigenvalue weighted by Crippen LogP contribution is 2.41. The van der Waals surface area contributed by atoms with E-state index in [0.717, 1.165) is 42.0 Å². The molecule has 6 heteroatoms. The summed E-state index contributed by atoms with van der Waals surface area (Å²) in [5.41, 5.74) is 2.56. The van der Waals surface area contributed by atoms with Crippen LogP contribution >= 0.6 is 0 Å². The number of nitrogens with zero attached hydrogens (tertiary/aromatic N) is 1. The molecule has 160 valence electrons. The standard InChI is InChI=1S/C24H32BNO4/c1-15(22(27)28)16-6-8-17(9-7-16)19-12-13-26-21-11-10-18(14-20(19)21)25-29-23(2,3)24(4,5)30-25/h10-17H,6-9H2,1-5H3,(H,27,28)/t15-,16-,17+/m1/s1. The van der Waals surface area contributed by atoms with Gasteiger partial charge in [0.1, 0.15) is 0 Å². The Morgan fingerprint density at radius 2 is 1.73 bits per heavy atom. The molecule has 0 bridgehead atoms. The number of carbonyl (C=O) groups is 1. The fourth-order valence-electron chi connectivity index (χ4n) is 4.80. The fourth-order valence-corrected chi connectivity index (χ4v) is 4.80. The van der Waals surface area contributed by atoms with E-state index in [9.17, 15) is 9.90 Å². The second kappa shape index (κ2) is 7.65. The predicted molar refractivity (Wildman–Crippen MR) is 119 cm³/mol. The van der Waals surface area contributed by atoms with Crippen molar-refractivity contribution in [2.45, 2.75) is 77.4 Å². The molecule has 5 nitrogen and oxygen atoms in total. The van der Waals surface area contributed by atoms with Crippen LogP contribution in [0, 0.1) is 11.8 Å². The van der Waals surface area contributed by atoms with Crippen LogP contribution in [-0.4, -0.2) is 34.4 Å². The molecule has 0 radical (unpaired) electrons. The minimum atomic E-state index is -0.681. The maximum Gasteiger partial charge on any atom is 0.494 e. The van der Waals surface area contributed by atoms with Gasteiger partial charge in [-0.3, -0.25) is 9.78 Å². The van der Waals surface area contributed by atoms with Crippen molar-refractivity contribution in [1.82, 2.24) is 4.98 Å². The van der Waals surface area contributed by atoms with Gasteiger partial charge in [0, 0.05) is 11.6 Å². The van der Waals surface area contributed by atoms with Crippen LogP contribution in [0.25, 0.3) is 10.9 Å². The summed E-state index contributed by atoms with van der Waals surface area (Å²) < 4.78 is 12.5. The molecule has 30 heavy (non-hydrogen) atoms. The smallest absolute Gasteiger partial charge is 0.481 e. The molecule has 0 spiro atoms. The highest BCUT2D eigenvalue weighted by Gasteiger charge is 2.51. The van der Waals surface area contributed by atoms with Crippen molar-refractivity contribution in [3.63, 3.8) is 0 Å². The first-order valence-corrected chi connectivity index (χ1v) is 11.1. The van der Waals surface area contributed by atoms with Crippen LogP contribution in [-0.2, 0) is 14.1 Å². The third kappa shape index (κ3) is 3.76. The lowest BCUT2D eigenvalue weighted by molar-refractivity contribution is -0.143. The van der Waals surface area contributed by atoms with Crippen molar-refractivity contribution in [2.24, 2.45) is 11.8 Å². The monoisotopic (exact) mass is 409 g/mol. The molecule has 4 rings (SSSR count). The van der Waals surface area contributed by atoms with Gasteiger partial charge < -0.3 is 14.4 Å². The molecule has 1 aromatic carbocycles. The van der Waals surface area contributed by atoms with Gasteiger partial charge in [-0.2, -0.15) is 0 Å². The lowest BCUT2D eigenvalue weighted by Crippen LogP contribution is -2.41. The first kappa shape index (κ1) is 21.3. The Hall–Kier alpha value is -1.92. The predicted octanol–water partition coefficient (Wildman–Crippen LogP) is 4.53. The van der Waals surface area contributed by atoms with E-state index >= 15 is 0 Å². The average molecular weight is 409 g/mol. The molecule has 2 aliphatic rings. The van der Waals surface area contributed by atoms with Gasteiger partial charge in [-0.1, -0.05) is 19.1 Å². The molecule has 2 aromatic rings. The number of hydrogen-bond acceptors (Lipinski definition) is 4. The Bertz CT molecular complexity index is 933. The van der Waals surface area contributed by atoms with E-state index in [0.29, 0.717) is 5.92 Å². The van der Waals surface area contributed by atoms with Gasteiger partial charge >= 0.3 is 13.1 Å². The van der Waals surface area contributed by atoms with Gasteiger partial charge in [-0.05, 0) is 88.4 Å². The van der Waals surface area contributed by atoms with Crippen LogP contribution in [0.3, 0.4) is 0 Å². The molecule has 1 atom stereocenters. The SMILES string of the molecule is C[C@@H](C(=O)O)[C@H]1CC[C@@H](c2ccnc3ccc(B4OC(C)(C)C(C)(C)O4)cc32)CC1. The number of fused-ring (bicyclic) bond motifs is 1. The van der Waals surface area contributed by atoms with Crippen molar-refractivity contribution in [3.05, 3.63) is 36.0 Å². The normalized spacial score (nSPS) is 26.6. The third-order valence-electron chi connectivity index (χ3n) is 7.63. The summed E-state index contributed by atoms with van der Waals surface area (Å²) in [7, 11) is -0.389. The average Bonchev–Trinajstić information content (AvgIpc) is 2.93. The Balaban J connectivity index is 1.60. The molecule has 2 heterocycles. The Morgan fingerprint density at radius 3 is 2.33 bits per heavy atom. The molecular formula is C24H32BNO4. The number of aromatic nitrogens is 1. The second-order valence-corrected chi connectivity index (χ2v) is 10.0. The fraction of sp³-hybridized carbons (Fsp3) is 0.583. The number of hydrogen-bond donors (Lipinski definition) is 1. The van der Waals surface area contributed by atoms with E-state index in [4.69, 9.17) is 9.31 Å². The summed E-state index contributed by atoms with van der Waals surface area (Å²) in [5.74, 6) is -0.247. The summed E-state index contributed by atoms with van der Waals surface area (Å²) >= 11 is 0. The first-order chi connectivity index (χ1) is 14.1. The molecule has 1 saturated heterocycles. The van der Waals surface area contributed by atoms with Gasteiger partial charge in [0.2, 0.25) is 0 Å². The van der Waals surface area contributed by atoms with Crippen molar-refractivity contribution in [2.75, 3.05) is 0 Å². The van der Waals surface area contributed by atoms with Gasteiger partial charge in [0.25, 0.3) is 0 Å². The highest BCUT2D eigenvalue weighted by molar-refractivity contribution is 6.62. The van der Waals surface area contributed by atoms with E-state index in [-0.39, 0.29) is 30.2 Å². The summed E-state index contributed by atoms with van der Waals surface area (Å²) in [4.78, 5) is 15.9. The summed E-state index contributed by atoms with van der Waals surface area (Å²) in [6.07, 6.45) is 5.83. The van der Waals surface area contributed by atoms with Crippen LogP contribution in [0.15, 0.2) is 30.5 Å². The molecule has 1 aliphatic carbocycles. The molecule has 1 N–H and O–H groups in total. The number of carboxylic acid groups (broad SMARTS) is 1. The van der Waals surface area contributed by atoms with E-state index in [1.54, 1.807) is 0 Å². The molecule has 1 saturated carbocycles. The van der Waals surface area contributed by atoms with Crippen molar-refractivity contribution in [3.8, 4) is 0 Å². The Morgan fingerprint density at radius 1 is 1.10 bits per heavy atom. The van der Waals surface area contributed by atoms with Crippen LogP contribution < -0.4 is 5.46 Å². The number of rotatable bonds is 4. The Kier molecular flexibility index (Phi) is 5.44. The molecule has 1 aliphatic heterocycles. The molecule has 2 fully saturated rings.